The maximum atomic E-state index is 6.20. The molecular weight excluding hydrogens is 305 g/mol. The third kappa shape index (κ3) is 3.49. The van der Waals surface area contributed by atoms with Gasteiger partial charge in [-0.25, -0.2) is 4.98 Å². The van der Waals surface area contributed by atoms with Gasteiger partial charge in [-0.1, -0.05) is 23.2 Å². The molecule has 0 bridgehead atoms. The first-order valence-corrected chi connectivity index (χ1v) is 7.27. The van der Waals surface area contributed by atoms with E-state index in [0.29, 0.717) is 27.7 Å². The van der Waals surface area contributed by atoms with Gasteiger partial charge >= 0.3 is 0 Å². The first kappa shape index (κ1) is 14.4. The Balaban J connectivity index is 2.26. The Hall–Kier alpha value is -1.04. The van der Waals surface area contributed by atoms with Crippen LogP contribution < -0.4 is 9.64 Å². The minimum absolute atomic E-state index is 0.538. The van der Waals surface area contributed by atoms with Crippen molar-refractivity contribution >= 4 is 40.4 Å². The molecule has 0 unspecified atom stereocenters. The van der Waals surface area contributed by atoms with Gasteiger partial charge in [-0.3, -0.25) is 0 Å². The highest BCUT2D eigenvalue weighted by molar-refractivity contribution is 7.15. The van der Waals surface area contributed by atoms with E-state index in [-0.39, 0.29) is 0 Å². The number of anilines is 1. The van der Waals surface area contributed by atoms with Crippen molar-refractivity contribution in [2.45, 2.75) is 13.5 Å². The SMILES string of the molecule is CCN(Cc1cnc(Cl)s1)c1nc(OC)ccc1Cl. The van der Waals surface area contributed by atoms with Crippen molar-refractivity contribution in [2.75, 3.05) is 18.6 Å². The smallest absolute Gasteiger partial charge is 0.214 e. The number of thiazole rings is 1. The van der Waals surface area contributed by atoms with Crippen LogP contribution in [0.25, 0.3) is 0 Å². The highest BCUT2D eigenvalue weighted by Gasteiger charge is 2.13. The van der Waals surface area contributed by atoms with Crippen LogP contribution in [0, 0.1) is 0 Å². The van der Waals surface area contributed by atoms with Crippen LogP contribution in [-0.2, 0) is 6.54 Å². The molecule has 4 nitrogen and oxygen atoms in total. The fraction of sp³-hybridized carbons (Fsp3) is 0.333. The van der Waals surface area contributed by atoms with Crippen molar-refractivity contribution in [3.63, 3.8) is 0 Å². The Labute approximate surface area is 126 Å². The number of aromatic nitrogens is 2. The lowest BCUT2D eigenvalue weighted by Crippen LogP contribution is -2.23. The zero-order chi connectivity index (χ0) is 13.8. The lowest BCUT2D eigenvalue weighted by atomic mass is 10.3. The maximum Gasteiger partial charge on any atom is 0.214 e. The highest BCUT2D eigenvalue weighted by atomic mass is 35.5. The van der Waals surface area contributed by atoms with Gasteiger partial charge in [0, 0.05) is 23.7 Å². The molecule has 0 aromatic carbocycles. The van der Waals surface area contributed by atoms with Gasteiger partial charge in [0.15, 0.2) is 10.3 Å². The normalized spacial score (nSPS) is 10.5. The number of pyridine rings is 1. The summed E-state index contributed by atoms with van der Waals surface area (Å²) in [5.41, 5.74) is 0. The maximum absolute atomic E-state index is 6.20. The minimum atomic E-state index is 0.538. The molecule has 0 fully saturated rings. The number of nitrogens with zero attached hydrogens (tertiary/aromatic N) is 3. The molecule has 0 atom stereocenters. The molecule has 0 aliphatic heterocycles. The minimum Gasteiger partial charge on any atom is -0.481 e. The lowest BCUT2D eigenvalue weighted by Gasteiger charge is -2.22. The molecule has 7 heteroatoms. The van der Waals surface area contributed by atoms with Crippen LogP contribution in [0.2, 0.25) is 9.49 Å². The summed E-state index contributed by atoms with van der Waals surface area (Å²) >= 11 is 13.5. The van der Waals surface area contributed by atoms with Crippen molar-refractivity contribution in [3.05, 3.63) is 32.7 Å². The molecule has 2 rings (SSSR count). The van der Waals surface area contributed by atoms with Crippen LogP contribution in [0.15, 0.2) is 18.3 Å². The average molecular weight is 318 g/mol. The van der Waals surface area contributed by atoms with Crippen LogP contribution in [0.3, 0.4) is 0 Å². The third-order valence-electron chi connectivity index (χ3n) is 2.56. The van der Waals surface area contributed by atoms with E-state index in [0.717, 1.165) is 11.4 Å². The van der Waals surface area contributed by atoms with Gasteiger partial charge in [-0.05, 0) is 13.0 Å². The van der Waals surface area contributed by atoms with Gasteiger partial charge in [0.25, 0.3) is 0 Å². The Bertz CT molecular complexity index is 562. The van der Waals surface area contributed by atoms with Crippen LogP contribution in [0.4, 0.5) is 5.82 Å². The van der Waals surface area contributed by atoms with Gasteiger partial charge in [0.1, 0.15) is 0 Å². The molecule has 0 N–H and O–H groups in total. The summed E-state index contributed by atoms with van der Waals surface area (Å²) in [5, 5.41) is 0.596. The molecular formula is C12H13Cl2N3OS. The second-order valence-electron chi connectivity index (χ2n) is 3.75. The summed E-state index contributed by atoms with van der Waals surface area (Å²) in [6, 6.07) is 3.52. The molecule has 0 saturated heterocycles. The molecule has 0 saturated carbocycles. The molecule has 0 aliphatic carbocycles. The van der Waals surface area contributed by atoms with E-state index >= 15 is 0 Å². The Morgan fingerprint density at radius 3 is 2.74 bits per heavy atom. The van der Waals surface area contributed by atoms with E-state index < -0.39 is 0 Å². The number of ether oxygens (including phenoxy) is 1. The van der Waals surface area contributed by atoms with Crippen molar-refractivity contribution < 1.29 is 4.74 Å². The Morgan fingerprint density at radius 1 is 1.37 bits per heavy atom. The standard InChI is InChI=1S/C12H13Cl2N3OS/c1-3-17(7-8-6-15-12(14)19-8)11-9(13)4-5-10(16-11)18-2/h4-6H,3,7H2,1-2H3. The Kier molecular flexibility index (Phi) is 4.85. The lowest BCUT2D eigenvalue weighted by molar-refractivity contribution is 0.398. The molecule has 0 radical (unpaired) electrons. The van der Waals surface area contributed by atoms with E-state index in [1.807, 2.05) is 6.92 Å². The van der Waals surface area contributed by atoms with Crippen molar-refractivity contribution in [1.29, 1.82) is 0 Å². The second kappa shape index (κ2) is 6.41. The summed E-state index contributed by atoms with van der Waals surface area (Å²) in [7, 11) is 1.58. The van der Waals surface area contributed by atoms with Crippen LogP contribution in [0.5, 0.6) is 5.88 Å². The number of methoxy groups -OCH3 is 1. The second-order valence-corrected chi connectivity index (χ2v) is 5.86. The average Bonchev–Trinajstić information content (AvgIpc) is 2.82. The third-order valence-corrected chi connectivity index (χ3v) is 3.96. The summed E-state index contributed by atoms with van der Waals surface area (Å²) < 4.78 is 5.67. The molecule has 2 aromatic heterocycles. The van der Waals surface area contributed by atoms with Gasteiger partial charge in [0.2, 0.25) is 5.88 Å². The molecule has 0 spiro atoms. The largest absolute Gasteiger partial charge is 0.481 e. The van der Waals surface area contributed by atoms with Crippen molar-refractivity contribution in [2.24, 2.45) is 0 Å². The summed E-state index contributed by atoms with van der Waals surface area (Å²) in [5.74, 6) is 1.24. The number of rotatable bonds is 5. The molecule has 2 heterocycles. The van der Waals surface area contributed by atoms with E-state index in [4.69, 9.17) is 27.9 Å². The highest BCUT2D eigenvalue weighted by Crippen LogP contribution is 2.28. The molecule has 0 amide bonds. The van der Waals surface area contributed by atoms with Gasteiger partial charge in [-0.2, -0.15) is 4.98 Å². The van der Waals surface area contributed by atoms with Crippen molar-refractivity contribution in [3.8, 4) is 5.88 Å². The first-order chi connectivity index (χ1) is 9.13. The van der Waals surface area contributed by atoms with Crippen LogP contribution >= 0.6 is 34.5 Å². The van der Waals surface area contributed by atoms with Gasteiger partial charge in [-0.15, -0.1) is 11.3 Å². The molecule has 19 heavy (non-hydrogen) atoms. The zero-order valence-electron chi connectivity index (χ0n) is 10.6. The number of halogens is 2. The van der Waals surface area contributed by atoms with E-state index in [1.54, 1.807) is 25.4 Å². The predicted molar refractivity (Wildman–Crippen MR) is 79.6 cm³/mol. The van der Waals surface area contributed by atoms with Gasteiger partial charge in [0.05, 0.1) is 18.7 Å². The molecule has 2 aromatic rings. The topological polar surface area (TPSA) is 38.2 Å². The van der Waals surface area contributed by atoms with Crippen molar-refractivity contribution in [1.82, 2.24) is 9.97 Å². The fourth-order valence-corrected chi connectivity index (χ4v) is 2.85. The number of hydrogen-bond donors (Lipinski definition) is 0. The monoisotopic (exact) mass is 317 g/mol. The van der Waals surface area contributed by atoms with Crippen LogP contribution in [-0.4, -0.2) is 23.6 Å². The van der Waals surface area contributed by atoms with E-state index in [9.17, 15) is 0 Å². The fourth-order valence-electron chi connectivity index (χ4n) is 1.63. The van der Waals surface area contributed by atoms with Crippen LogP contribution in [0.1, 0.15) is 11.8 Å². The molecule has 0 aliphatic rings. The van der Waals surface area contributed by atoms with Gasteiger partial charge < -0.3 is 9.64 Å². The van der Waals surface area contributed by atoms with E-state index in [2.05, 4.69) is 14.9 Å². The summed E-state index contributed by atoms with van der Waals surface area (Å²) in [6.45, 7) is 3.48. The zero-order valence-corrected chi connectivity index (χ0v) is 12.9. The number of hydrogen-bond acceptors (Lipinski definition) is 5. The first-order valence-electron chi connectivity index (χ1n) is 5.69. The molecule has 102 valence electrons. The summed E-state index contributed by atoms with van der Waals surface area (Å²) in [6.07, 6.45) is 1.77. The predicted octanol–water partition coefficient (Wildman–Crippen LogP) is 3.88. The Morgan fingerprint density at radius 2 is 2.16 bits per heavy atom. The van der Waals surface area contributed by atoms with E-state index in [1.165, 1.54) is 11.3 Å². The summed E-state index contributed by atoms with van der Waals surface area (Å²) in [4.78, 5) is 11.5. The quantitative estimate of drug-likeness (QED) is 0.838.